The maximum Gasteiger partial charge on any atom is 0.178 e. The maximum atomic E-state index is 13.2. The van der Waals surface area contributed by atoms with E-state index in [1.165, 1.54) is 24.8 Å². The number of carbonyl (C=O) groups excluding carboxylic acids is 1. The Balaban J connectivity index is 1.61. The summed E-state index contributed by atoms with van der Waals surface area (Å²) in [6, 6.07) is 2.28. The molecule has 5 aliphatic carbocycles. The first-order chi connectivity index (χ1) is 15.8. The molecule has 0 spiro atoms. The molecule has 3 heteroatoms. The molecule has 0 bridgehead atoms. The third kappa shape index (κ3) is 2.70. The SMILES string of the molecule is C=C(C)[C@@H]1CC[C@]2(CO)CC[C@]3(C)[C@H](CC[C@@H]4[C@@]5(C)C=C(C#N)C(=O)C(C)(C)[C@@H]5CC[C@]43C)C12. The van der Waals surface area contributed by atoms with Crippen molar-refractivity contribution in [2.75, 3.05) is 6.61 Å². The quantitative estimate of drug-likeness (QED) is 0.454. The van der Waals surface area contributed by atoms with Crippen LogP contribution in [-0.4, -0.2) is 17.5 Å². The van der Waals surface area contributed by atoms with Crippen molar-refractivity contribution in [2.24, 2.45) is 56.7 Å². The minimum atomic E-state index is -0.483. The van der Waals surface area contributed by atoms with Gasteiger partial charge in [0, 0.05) is 12.0 Å². The minimum Gasteiger partial charge on any atom is -0.396 e. The molecular weight excluding hydrogens is 418 g/mol. The highest BCUT2D eigenvalue weighted by molar-refractivity contribution is 6.04. The van der Waals surface area contributed by atoms with Crippen LogP contribution >= 0.6 is 0 Å². The molecule has 4 saturated carbocycles. The number of carbonyl (C=O) groups is 1. The molecule has 0 radical (unpaired) electrons. The molecule has 0 heterocycles. The van der Waals surface area contributed by atoms with Crippen molar-refractivity contribution < 1.29 is 9.90 Å². The van der Waals surface area contributed by atoms with Gasteiger partial charge in [0.25, 0.3) is 0 Å². The van der Waals surface area contributed by atoms with Crippen LogP contribution in [0, 0.1) is 68.0 Å². The minimum absolute atomic E-state index is 0.0432. The van der Waals surface area contributed by atoms with E-state index in [4.69, 9.17) is 0 Å². The summed E-state index contributed by atoms with van der Waals surface area (Å²) in [6.07, 6.45) is 11.3. The molecule has 0 saturated heterocycles. The molecule has 1 unspecified atom stereocenters. The van der Waals surface area contributed by atoms with Crippen LogP contribution in [0.5, 0.6) is 0 Å². The van der Waals surface area contributed by atoms with Gasteiger partial charge in [0.2, 0.25) is 0 Å². The van der Waals surface area contributed by atoms with Gasteiger partial charge in [-0.05, 0) is 110 Å². The van der Waals surface area contributed by atoms with Crippen molar-refractivity contribution >= 4 is 5.78 Å². The van der Waals surface area contributed by atoms with E-state index in [2.05, 4.69) is 60.3 Å². The lowest BCUT2D eigenvalue weighted by atomic mass is 9.33. The molecule has 0 aromatic carbocycles. The predicted octanol–water partition coefficient (Wildman–Crippen LogP) is 6.88. The summed E-state index contributed by atoms with van der Waals surface area (Å²) >= 11 is 0. The van der Waals surface area contributed by atoms with E-state index in [0.717, 1.165) is 32.1 Å². The summed E-state index contributed by atoms with van der Waals surface area (Å²) in [5, 5.41) is 20.5. The van der Waals surface area contributed by atoms with Crippen molar-refractivity contribution in [1.82, 2.24) is 0 Å². The largest absolute Gasteiger partial charge is 0.396 e. The van der Waals surface area contributed by atoms with Crippen molar-refractivity contribution in [3.05, 3.63) is 23.8 Å². The first-order valence-corrected chi connectivity index (χ1v) is 13.8. The monoisotopic (exact) mass is 463 g/mol. The second-order valence-electron chi connectivity index (χ2n) is 14.3. The van der Waals surface area contributed by atoms with E-state index in [9.17, 15) is 15.2 Å². The lowest BCUT2D eigenvalue weighted by Crippen LogP contribution is -2.66. The van der Waals surface area contributed by atoms with Crippen LogP contribution < -0.4 is 0 Å². The van der Waals surface area contributed by atoms with Crippen molar-refractivity contribution in [2.45, 2.75) is 92.9 Å². The number of ketones is 1. The molecule has 5 rings (SSSR count). The summed E-state index contributed by atoms with van der Waals surface area (Å²) in [5.74, 6) is 2.48. The van der Waals surface area contributed by atoms with Gasteiger partial charge in [-0.15, -0.1) is 0 Å². The number of allylic oxidation sites excluding steroid dienone is 3. The van der Waals surface area contributed by atoms with Gasteiger partial charge in [-0.1, -0.05) is 52.8 Å². The molecule has 34 heavy (non-hydrogen) atoms. The number of Topliss-reactive ketones (excluding diaryl/α,β-unsaturated/α-hetero) is 1. The molecule has 0 aliphatic heterocycles. The number of aliphatic hydroxyl groups excluding tert-OH is 1. The molecule has 3 nitrogen and oxygen atoms in total. The zero-order chi connectivity index (χ0) is 24.9. The Morgan fingerprint density at radius 1 is 1.03 bits per heavy atom. The van der Waals surface area contributed by atoms with Crippen LogP contribution in [0.2, 0.25) is 0 Å². The number of aliphatic hydroxyl groups is 1. The Hall–Kier alpha value is -1.40. The molecule has 4 fully saturated rings. The lowest BCUT2D eigenvalue weighted by molar-refractivity contribution is -0.221. The predicted molar refractivity (Wildman–Crippen MR) is 136 cm³/mol. The van der Waals surface area contributed by atoms with Crippen LogP contribution in [0.15, 0.2) is 23.8 Å². The van der Waals surface area contributed by atoms with Gasteiger partial charge in [0.1, 0.15) is 6.07 Å². The first-order valence-electron chi connectivity index (χ1n) is 13.8. The van der Waals surface area contributed by atoms with Gasteiger partial charge in [-0.25, -0.2) is 0 Å². The third-order valence-corrected chi connectivity index (χ3v) is 13.0. The van der Waals surface area contributed by atoms with E-state index >= 15 is 0 Å². The normalized spacial score (nSPS) is 51.3. The number of nitrogens with zero attached hydrogens (tertiary/aromatic N) is 1. The Kier molecular flexibility index (Phi) is 5.23. The van der Waals surface area contributed by atoms with Crippen LogP contribution in [0.3, 0.4) is 0 Å². The van der Waals surface area contributed by atoms with Gasteiger partial charge >= 0.3 is 0 Å². The van der Waals surface area contributed by atoms with Crippen LogP contribution in [0.4, 0.5) is 0 Å². The van der Waals surface area contributed by atoms with Crippen LogP contribution in [0.1, 0.15) is 92.9 Å². The molecule has 1 N–H and O–H groups in total. The number of hydrogen-bond donors (Lipinski definition) is 1. The number of rotatable bonds is 2. The van der Waals surface area contributed by atoms with E-state index < -0.39 is 5.41 Å². The highest BCUT2D eigenvalue weighted by Gasteiger charge is 2.70. The Bertz CT molecular complexity index is 1000. The fourth-order valence-electron chi connectivity index (χ4n) is 11.2. The summed E-state index contributed by atoms with van der Waals surface area (Å²) in [6.45, 7) is 18.6. The molecule has 0 aromatic rings. The zero-order valence-corrected chi connectivity index (χ0v) is 22.3. The van der Waals surface area contributed by atoms with Gasteiger partial charge < -0.3 is 5.11 Å². The first kappa shape index (κ1) is 24.3. The molecule has 186 valence electrons. The van der Waals surface area contributed by atoms with Crippen molar-refractivity contribution in [1.29, 1.82) is 5.26 Å². The van der Waals surface area contributed by atoms with E-state index in [1.807, 2.05) is 0 Å². The topological polar surface area (TPSA) is 61.1 Å². The molecular formula is C31H45NO2. The van der Waals surface area contributed by atoms with Gasteiger partial charge in [-0.3, -0.25) is 4.79 Å². The van der Waals surface area contributed by atoms with Gasteiger partial charge in [0.05, 0.1) is 5.57 Å². The molecule has 9 atom stereocenters. The summed E-state index contributed by atoms with van der Waals surface area (Å²) < 4.78 is 0. The summed E-state index contributed by atoms with van der Waals surface area (Å²) in [4.78, 5) is 13.2. The second kappa shape index (κ2) is 7.32. The van der Waals surface area contributed by atoms with E-state index in [-0.39, 0.29) is 33.4 Å². The Labute approximate surface area is 207 Å². The molecule has 0 aromatic heterocycles. The van der Waals surface area contributed by atoms with Crippen molar-refractivity contribution in [3.8, 4) is 6.07 Å². The lowest BCUT2D eigenvalue weighted by Gasteiger charge is -2.71. The van der Waals surface area contributed by atoms with Gasteiger partial charge in [0.15, 0.2) is 5.78 Å². The standard InChI is InChI=1S/C31H45NO2/c1-19(2)21-10-13-31(18-33)15-14-29(6)22(25(21)31)8-9-24-28(5)16-20(17-32)26(34)27(3,4)23(28)11-12-30(24,29)7/h16,21-25,33H,1,8-15,18H2,2-7H3/t21-,22+,23-,24+,25?,28-,29+,30+,31+/m0/s1. The fourth-order valence-corrected chi connectivity index (χ4v) is 11.2. The van der Waals surface area contributed by atoms with E-state index in [1.54, 1.807) is 0 Å². The average molecular weight is 464 g/mol. The molecule has 0 amide bonds. The maximum absolute atomic E-state index is 13.2. The number of fused-ring (bicyclic) bond motifs is 7. The van der Waals surface area contributed by atoms with Crippen LogP contribution in [-0.2, 0) is 4.79 Å². The third-order valence-electron chi connectivity index (χ3n) is 13.0. The van der Waals surface area contributed by atoms with Crippen molar-refractivity contribution in [3.63, 3.8) is 0 Å². The zero-order valence-electron chi connectivity index (χ0n) is 22.3. The Morgan fingerprint density at radius 2 is 1.74 bits per heavy atom. The highest BCUT2D eigenvalue weighted by Crippen LogP contribution is 2.76. The van der Waals surface area contributed by atoms with E-state index in [0.29, 0.717) is 35.9 Å². The Morgan fingerprint density at radius 3 is 2.35 bits per heavy atom. The summed E-state index contributed by atoms with van der Waals surface area (Å²) in [5.41, 5.74) is 1.53. The van der Waals surface area contributed by atoms with Gasteiger partial charge in [-0.2, -0.15) is 5.26 Å². The highest BCUT2D eigenvalue weighted by atomic mass is 16.3. The summed E-state index contributed by atoms with van der Waals surface area (Å²) in [7, 11) is 0. The fraction of sp³-hybridized carbons (Fsp3) is 0.806. The average Bonchev–Trinajstić information content (AvgIpc) is 3.17. The van der Waals surface area contributed by atoms with Crippen LogP contribution in [0.25, 0.3) is 0 Å². The number of hydrogen-bond acceptors (Lipinski definition) is 3. The molecule has 5 aliphatic rings. The smallest absolute Gasteiger partial charge is 0.178 e. The second-order valence-corrected chi connectivity index (χ2v) is 14.3. The number of nitriles is 1.